The van der Waals surface area contributed by atoms with E-state index in [-0.39, 0.29) is 0 Å². The maximum Gasteiger partial charge on any atom is 0.215 e. The van der Waals surface area contributed by atoms with Crippen LogP contribution < -0.4 is 9.62 Å². The first-order valence-corrected chi connectivity index (χ1v) is 9.48. The number of nitrogens with one attached hydrogen (secondary N) is 1. The maximum atomic E-state index is 12.1. The normalized spacial score (nSPS) is 18.7. The lowest BCUT2D eigenvalue weighted by molar-refractivity contribution is 0.522. The molecule has 0 aliphatic carbocycles. The molecule has 0 amide bonds. The van der Waals surface area contributed by atoms with Crippen molar-refractivity contribution in [3.05, 3.63) is 16.8 Å². The molecule has 1 fully saturated rings. The Bertz CT molecular complexity index is 711. The van der Waals surface area contributed by atoms with E-state index < -0.39 is 15.3 Å². The van der Waals surface area contributed by atoms with Crippen LogP contribution in [-0.2, 0) is 22.9 Å². The third-order valence-electron chi connectivity index (χ3n) is 4.34. The topological polar surface area (TPSA) is 99.0 Å². The quantitative estimate of drug-likeness (QED) is 0.860. The summed E-state index contributed by atoms with van der Waals surface area (Å²) in [5, 5.41) is 17.6. The molecule has 1 N–H and O–H groups in total. The highest BCUT2D eigenvalue weighted by Crippen LogP contribution is 2.27. The Kier molecular flexibility index (Phi) is 5.55. The van der Waals surface area contributed by atoms with E-state index in [1.807, 2.05) is 18.7 Å². The maximum absolute atomic E-state index is 12.1. The molecule has 1 aliphatic rings. The Balaban J connectivity index is 2.40. The molecule has 7 nitrogen and oxygen atoms in total. The summed E-state index contributed by atoms with van der Waals surface area (Å²) >= 11 is 0. The third-order valence-corrected chi connectivity index (χ3v) is 6.17. The van der Waals surface area contributed by atoms with Crippen molar-refractivity contribution in [3.63, 3.8) is 0 Å². The number of piperidine rings is 1. The highest BCUT2D eigenvalue weighted by atomic mass is 32.2. The van der Waals surface area contributed by atoms with E-state index in [1.165, 1.54) is 7.05 Å². The van der Waals surface area contributed by atoms with Crippen molar-refractivity contribution < 1.29 is 8.42 Å². The summed E-state index contributed by atoms with van der Waals surface area (Å²) in [4.78, 5) is 1.88. The van der Waals surface area contributed by atoms with Gasteiger partial charge in [-0.25, -0.2) is 13.1 Å². The Morgan fingerprint density at radius 3 is 2.65 bits per heavy atom. The van der Waals surface area contributed by atoms with Crippen LogP contribution in [0.25, 0.3) is 0 Å². The van der Waals surface area contributed by atoms with Gasteiger partial charge in [0.15, 0.2) is 5.82 Å². The van der Waals surface area contributed by atoms with Crippen molar-refractivity contribution in [2.24, 2.45) is 0 Å². The third kappa shape index (κ3) is 3.46. The first kappa shape index (κ1) is 17.6. The number of nitrogens with zero attached hydrogens (tertiary/aromatic N) is 4. The summed E-state index contributed by atoms with van der Waals surface area (Å²) in [6.45, 7) is 5.00. The molecule has 23 heavy (non-hydrogen) atoms. The zero-order valence-corrected chi connectivity index (χ0v) is 14.7. The van der Waals surface area contributed by atoms with E-state index in [2.05, 4.69) is 21.0 Å². The first-order valence-electron chi connectivity index (χ1n) is 7.94. The SMILES string of the molecule is CCc1nnc(N2CCCC(S(=O)(=O)NC)C2)c(C#N)c1CC. The Morgan fingerprint density at radius 1 is 1.35 bits per heavy atom. The first-order chi connectivity index (χ1) is 11.0. The molecule has 0 radical (unpaired) electrons. The van der Waals surface area contributed by atoms with Gasteiger partial charge in [0.2, 0.25) is 10.0 Å². The standard InChI is InChI=1S/C15H23N5O2S/c1-4-12-13(9-16)15(19-18-14(12)5-2)20-8-6-7-11(10-20)23(21,22)17-3/h11,17H,4-8,10H2,1-3H3. The van der Waals surface area contributed by atoms with Crippen molar-refractivity contribution in [2.75, 3.05) is 25.0 Å². The molecule has 2 rings (SSSR count). The number of hydrogen-bond acceptors (Lipinski definition) is 6. The van der Waals surface area contributed by atoms with Crippen LogP contribution in [0.15, 0.2) is 0 Å². The molecule has 1 aromatic rings. The second-order valence-electron chi connectivity index (χ2n) is 5.60. The van der Waals surface area contributed by atoms with Gasteiger partial charge in [0.25, 0.3) is 0 Å². The molecule has 0 bridgehead atoms. The number of aryl methyl sites for hydroxylation is 1. The van der Waals surface area contributed by atoms with E-state index >= 15 is 0 Å². The van der Waals surface area contributed by atoms with E-state index in [9.17, 15) is 13.7 Å². The second kappa shape index (κ2) is 7.23. The number of rotatable bonds is 5. The average Bonchev–Trinajstić information content (AvgIpc) is 2.60. The predicted molar refractivity (Wildman–Crippen MR) is 88.7 cm³/mol. The van der Waals surface area contributed by atoms with E-state index in [0.717, 1.165) is 24.1 Å². The van der Waals surface area contributed by atoms with Gasteiger partial charge >= 0.3 is 0 Å². The fourth-order valence-electron chi connectivity index (χ4n) is 3.05. The largest absolute Gasteiger partial charge is 0.353 e. The van der Waals surface area contributed by atoms with Gasteiger partial charge in [-0.2, -0.15) is 10.4 Å². The van der Waals surface area contributed by atoms with Gasteiger partial charge in [-0.3, -0.25) is 0 Å². The smallest absolute Gasteiger partial charge is 0.215 e. The van der Waals surface area contributed by atoms with Crippen LogP contribution in [0, 0.1) is 11.3 Å². The summed E-state index contributed by atoms with van der Waals surface area (Å²) in [6, 6.07) is 2.25. The minimum absolute atomic E-state index is 0.334. The van der Waals surface area contributed by atoms with Crippen LogP contribution in [0.3, 0.4) is 0 Å². The molecule has 1 unspecified atom stereocenters. The van der Waals surface area contributed by atoms with Crippen LogP contribution in [0.2, 0.25) is 0 Å². The monoisotopic (exact) mass is 337 g/mol. The summed E-state index contributed by atoms with van der Waals surface area (Å²) in [5.74, 6) is 0.512. The molecule has 0 spiro atoms. The highest BCUT2D eigenvalue weighted by molar-refractivity contribution is 7.90. The molecular formula is C15H23N5O2S. The molecular weight excluding hydrogens is 314 g/mol. The van der Waals surface area contributed by atoms with Crippen molar-refractivity contribution in [1.29, 1.82) is 5.26 Å². The van der Waals surface area contributed by atoms with Crippen LogP contribution in [0.5, 0.6) is 0 Å². The molecule has 126 valence electrons. The molecule has 8 heteroatoms. The molecule has 2 heterocycles. The van der Waals surface area contributed by atoms with Gasteiger partial charge in [-0.15, -0.1) is 5.10 Å². The number of sulfonamides is 1. The lowest BCUT2D eigenvalue weighted by atomic mass is 10.0. The molecule has 1 aliphatic heterocycles. The Morgan fingerprint density at radius 2 is 2.09 bits per heavy atom. The summed E-state index contributed by atoms with van der Waals surface area (Å²) in [5.41, 5.74) is 2.28. The number of hydrogen-bond donors (Lipinski definition) is 1. The zero-order chi connectivity index (χ0) is 17.0. The zero-order valence-electron chi connectivity index (χ0n) is 13.8. The summed E-state index contributed by atoms with van der Waals surface area (Å²) < 4.78 is 26.5. The Hall–Kier alpha value is -1.72. The number of aromatic nitrogens is 2. The van der Waals surface area contributed by atoms with Crippen molar-refractivity contribution >= 4 is 15.8 Å². The van der Waals surface area contributed by atoms with E-state index in [1.54, 1.807) is 0 Å². The Labute approximate surface area is 137 Å². The van der Waals surface area contributed by atoms with Crippen molar-refractivity contribution in [3.8, 4) is 6.07 Å². The average molecular weight is 337 g/mol. The van der Waals surface area contributed by atoms with Crippen LogP contribution in [0.1, 0.15) is 43.5 Å². The fraction of sp³-hybridized carbons (Fsp3) is 0.667. The lowest BCUT2D eigenvalue weighted by Crippen LogP contribution is -2.46. The van der Waals surface area contributed by atoms with Gasteiger partial charge in [-0.1, -0.05) is 13.8 Å². The minimum Gasteiger partial charge on any atom is -0.353 e. The van der Waals surface area contributed by atoms with Gasteiger partial charge in [0, 0.05) is 13.1 Å². The van der Waals surface area contributed by atoms with Gasteiger partial charge < -0.3 is 4.90 Å². The molecule has 1 saturated heterocycles. The van der Waals surface area contributed by atoms with Crippen LogP contribution >= 0.6 is 0 Å². The van der Waals surface area contributed by atoms with E-state index in [0.29, 0.717) is 37.3 Å². The summed E-state index contributed by atoms with van der Waals surface area (Å²) in [6.07, 6.45) is 2.79. The van der Waals surface area contributed by atoms with Gasteiger partial charge in [-0.05, 0) is 38.3 Å². The van der Waals surface area contributed by atoms with Crippen molar-refractivity contribution in [2.45, 2.75) is 44.8 Å². The van der Waals surface area contributed by atoms with Crippen molar-refractivity contribution in [1.82, 2.24) is 14.9 Å². The molecule has 1 aromatic heterocycles. The van der Waals surface area contributed by atoms with Gasteiger partial charge in [0.1, 0.15) is 11.6 Å². The van der Waals surface area contributed by atoms with Gasteiger partial charge in [0.05, 0.1) is 10.9 Å². The number of nitriles is 1. The summed E-state index contributed by atoms with van der Waals surface area (Å²) in [7, 11) is -1.90. The second-order valence-corrected chi connectivity index (χ2v) is 7.77. The van der Waals surface area contributed by atoms with E-state index in [4.69, 9.17) is 0 Å². The van der Waals surface area contributed by atoms with Crippen LogP contribution in [0.4, 0.5) is 5.82 Å². The highest BCUT2D eigenvalue weighted by Gasteiger charge is 2.32. The minimum atomic E-state index is -3.33. The fourth-order valence-corrected chi connectivity index (χ4v) is 4.24. The molecule has 0 saturated carbocycles. The number of anilines is 1. The molecule has 0 aromatic carbocycles. The predicted octanol–water partition coefficient (Wildman–Crippen LogP) is 0.991. The molecule has 1 atom stereocenters. The lowest BCUT2D eigenvalue weighted by Gasteiger charge is -2.33. The van der Waals surface area contributed by atoms with Crippen LogP contribution in [-0.4, -0.2) is 44.0 Å².